The van der Waals surface area contributed by atoms with Crippen molar-refractivity contribution in [2.24, 2.45) is 5.92 Å². The second-order valence-corrected chi connectivity index (χ2v) is 8.36. The Balaban J connectivity index is 1.62. The van der Waals surface area contributed by atoms with Gasteiger partial charge in [-0.25, -0.2) is 9.78 Å². The molecule has 0 aliphatic heterocycles. The van der Waals surface area contributed by atoms with Crippen LogP contribution in [0.5, 0.6) is 0 Å². The summed E-state index contributed by atoms with van der Waals surface area (Å²) in [5, 5.41) is 3.50. The van der Waals surface area contributed by atoms with Crippen LogP contribution >= 0.6 is 0 Å². The van der Waals surface area contributed by atoms with Gasteiger partial charge in [0.25, 0.3) is 0 Å². The van der Waals surface area contributed by atoms with Crippen molar-refractivity contribution >= 4 is 28.2 Å². The van der Waals surface area contributed by atoms with Crippen LogP contribution in [-0.2, 0) is 4.79 Å². The van der Waals surface area contributed by atoms with E-state index in [2.05, 4.69) is 10.3 Å². The van der Waals surface area contributed by atoms with E-state index < -0.39 is 11.7 Å². The van der Waals surface area contributed by atoms with E-state index in [1.54, 1.807) is 6.07 Å². The molecule has 168 valence electrons. The molecule has 6 heteroatoms. The number of rotatable bonds is 7. The van der Waals surface area contributed by atoms with Crippen molar-refractivity contribution in [1.29, 1.82) is 0 Å². The maximum Gasteiger partial charge on any atom is 0.347 e. The molecule has 1 heterocycles. The molecular weight excluding hydrogens is 414 g/mol. The average Bonchev–Trinajstić information content (AvgIpc) is 2.81. The van der Waals surface area contributed by atoms with E-state index in [9.17, 15) is 9.59 Å². The number of hydrogen-bond donors (Lipinski definition) is 1. The highest BCUT2D eigenvalue weighted by Crippen LogP contribution is 2.26. The summed E-state index contributed by atoms with van der Waals surface area (Å²) in [5.74, 6) is -0.0172. The third-order valence-electron chi connectivity index (χ3n) is 5.57. The molecule has 0 bridgehead atoms. The number of fused-ring (bicyclic) bond motifs is 1. The van der Waals surface area contributed by atoms with E-state index >= 15 is 0 Å². The molecule has 1 N–H and O–H groups in total. The fourth-order valence-corrected chi connectivity index (χ4v) is 3.86. The van der Waals surface area contributed by atoms with Gasteiger partial charge in [0.1, 0.15) is 12.6 Å². The lowest BCUT2D eigenvalue weighted by Crippen LogP contribution is -2.39. The van der Waals surface area contributed by atoms with E-state index in [1.807, 2.05) is 98.5 Å². The van der Waals surface area contributed by atoms with Crippen LogP contribution in [-0.4, -0.2) is 17.4 Å². The molecule has 3 aromatic carbocycles. The second kappa shape index (κ2) is 9.69. The zero-order valence-electron chi connectivity index (χ0n) is 19.0. The molecule has 1 atom stereocenters. The number of para-hydroxylation sites is 2. The largest absolute Gasteiger partial charge is 0.406 e. The van der Waals surface area contributed by atoms with Crippen LogP contribution in [0, 0.1) is 12.8 Å². The van der Waals surface area contributed by atoms with Crippen molar-refractivity contribution in [3.63, 3.8) is 0 Å². The summed E-state index contributed by atoms with van der Waals surface area (Å²) in [4.78, 5) is 32.4. The molecule has 4 rings (SSSR count). The van der Waals surface area contributed by atoms with Crippen LogP contribution < -0.4 is 15.8 Å². The first-order valence-electron chi connectivity index (χ1n) is 11.0. The van der Waals surface area contributed by atoms with E-state index in [-0.39, 0.29) is 24.3 Å². The lowest BCUT2D eigenvalue weighted by Gasteiger charge is -2.26. The molecule has 0 aliphatic carbocycles. The van der Waals surface area contributed by atoms with Crippen molar-refractivity contribution in [2.45, 2.75) is 26.8 Å². The number of anilines is 2. The summed E-state index contributed by atoms with van der Waals surface area (Å²) in [6.45, 7) is 5.87. The summed E-state index contributed by atoms with van der Waals surface area (Å²) in [5.41, 5.74) is 2.75. The van der Waals surface area contributed by atoms with Gasteiger partial charge in [0.05, 0.1) is 10.9 Å². The molecule has 0 spiro atoms. The first-order chi connectivity index (χ1) is 15.9. The zero-order valence-corrected chi connectivity index (χ0v) is 19.0. The molecule has 6 nitrogen and oxygen atoms in total. The highest BCUT2D eigenvalue weighted by molar-refractivity contribution is 5.85. The number of nitrogens with one attached hydrogen (secondary N) is 1. The smallest absolute Gasteiger partial charge is 0.347 e. The summed E-state index contributed by atoms with van der Waals surface area (Å²) < 4.78 is 5.57. The standard InChI is InChI=1S/C27H27N3O3/c1-18(2)25(26-28-22-16-10-11-19(3)24(22)27(32)33-26)29-23(31)17-30(20-12-6-4-7-13-20)21-14-8-5-9-15-21/h4-16,18,25H,17H2,1-3H3,(H,29,31). The Hall–Kier alpha value is -3.93. The van der Waals surface area contributed by atoms with Gasteiger partial charge in [-0.1, -0.05) is 62.4 Å². The summed E-state index contributed by atoms with van der Waals surface area (Å²) >= 11 is 0. The molecule has 0 saturated carbocycles. The molecule has 0 aliphatic rings. The number of carbonyl (C=O) groups excluding carboxylic acids is 1. The van der Waals surface area contributed by atoms with Crippen LogP contribution in [0.2, 0.25) is 0 Å². The molecule has 0 saturated heterocycles. The number of aromatic nitrogens is 1. The summed E-state index contributed by atoms with van der Waals surface area (Å²) in [6, 6.07) is 24.5. The second-order valence-electron chi connectivity index (χ2n) is 8.36. The topological polar surface area (TPSA) is 75.4 Å². The minimum Gasteiger partial charge on any atom is -0.406 e. The van der Waals surface area contributed by atoms with E-state index in [1.165, 1.54) is 0 Å². The van der Waals surface area contributed by atoms with Gasteiger partial charge in [0.2, 0.25) is 11.8 Å². The van der Waals surface area contributed by atoms with Crippen LogP contribution in [0.1, 0.15) is 31.3 Å². The Morgan fingerprint density at radius 3 is 2.12 bits per heavy atom. The van der Waals surface area contributed by atoms with Gasteiger partial charge in [0.15, 0.2) is 0 Å². The normalized spacial score (nSPS) is 12.0. The molecule has 1 amide bonds. The molecule has 1 aromatic heterocycles. The number of nitrogens with zero attached hydrogens (tertiary/aromatic N) is 2. The van der Waals surface area contributed by atoms with Crippen molar-refractivity contribution in [3.05, 3.63) is 101 Å². The van der Waals surface area contributed by atoms with E-state index in [0.717, 1.165) is 16.9 Å². The highest BCUT2D eigenvalue weighted by atomic mass is 16.4. The van der Waals surface area contributed by atoms with Crippen LogP contribution in [0.15, 0.2) is 88.1 Å². The SMILES string of the molecule is Cc1cccc2nc(C(NC(=O)CN(c3ccccc3)c3ccccc3)C(C)C)oc(=O)c12. The van der Waals surface area contributed by atoms with Crippen molar-refractivity contribution < 1.29 is 9.21 Å². The Labute approximate surface area is 192 Å². The van der Waals surface area contributed by atoms with E-state index in [4.69, 9.17) is 4.42 Å². The summed E-state index contributed by atoms with van der Waals surface area (Å²) in [7, 11) is 0. The van der Waals surface area contributed by atoms with Gasteiger partial charge in [0, 0.05) is 11.4 Å². The molecular formula is C27H27N3O3. The van der Waals surface area contributed by atoms with Gasteiger partial charge in [-0.2, -0.15) is 0 Å². The third-order valence-corrected chi connectivity index (χ3v) is 5.57. The fourth-order valence-electron chi connectivity index (χ4n) is 3.86. The van der Waals surface area contributed by atoms with Gasteiger partial charge < -0.3 is 14.6 Å². The number of benzene rings is 3. The average molecular weight is 442 g/mol. The van der Waals surface area contributed by atoms with Crippen LogP contribution in [0.25, 0.3) is 10.9 Å². The lowest BCUT2D eigenvalue weighted by molar-refractivity contribution is -0.120. The van der Waals surface area contributed by atoms with Crippen LogP contribution in [0.4, 0.5) is 11.4 Å². The highest BCUT2D eigenvalue weighted by Gasteiger charge is 2.25. The van der Waals surface area contributed by atoms with Gasteiger partial charge in [-0.3, -0.25) is 4.79 Å². The zero-order chi connectivity index (χ0) is 23.4. The monoisotopic (exact) mass is 441 g/mol. The maximum absolute atomic E-state index is 13.2. The lowest BCUT2D eigenvalue weighted by atomic mass is 10.0. The molecule has 4 aromatic rings. The molecule has 1 unspecified atom stereocenters. The Bertz CT molecular complexity index is 1260. The maximum atomic E-state index is 13.2. The van der Waals surface area contributed by atoms with Gasteiger partial charge >= 0.3 is 5.63 Å². The number of amides is 1. The predicted octanol–water partition coefficient (Wildman–Crippen LogP) is 5.15. The third kappa shape index (κ3) is 4.95. The Kier molecular flexibility index (Phi) is 6.54. The first kappa shape index (κ1) is 22.3. The van der Waals surface area contributed by atoms with Gasteiger partial charge in [-0.05, 0) is 48.7 Å². The van der Waals surface area contributed by atoms with Crippen LogP contribution in [0.3, 0.4) is 0 Å². The minimum atomic E-state index is -0.538. The van der Waals surface area contributed by atoms with E-state index in [0.29, 0.717) is 10.9 Å². The first-order valence-corrected chi connectivity index (χ1v) is 11.0. The number of aryl methyl sites for hydroxylation is 1. The molecule has 0 radical (unpaired) electrons. The quantitative estimate of drug-likeness (QED) is 0.429. The molecule has 33 heavy (non-hydrogen) atoms. The van der Waals surface area contributed by atoms with Crippen molar-refractivity contribution in [3.8, 4) is 0 Å². The number of carbonyl (C=O) groups is 1. The minimum absolute atomic E-state index is 0.0336. The predicted molar refractivity (Wildman–Crippen MR) is 131 cm³/mol. The molecule has 0 fully saturated rings. The Morgan fingerprint density at radius 1 is 0.939 bits per heavy atom. The van der Waals surface area contributed by atoms with Gasteiger partial charge in [-0.15, -0.1) is 0 Å². The van der Waals surface area contributed by atoms with Crippen molar-refractivity contribution in [1.82, 2.24) is 10.3 Å². The summed E-state index contributed by atoms with van der Waals surface area (Å²) in [6.07, 6.45) is 0. The number of hydrogen-bond acceptors (Lipinski definition) is 5. The Morgan fingerprint density at radius 2 is 1.55 bits per heavy atom. The fraction of sp³-hybridized carbons (Fsp3) is 0.222. The van der Waals surface area contributed by atoms with Crippen molar-refractivity contribution in [2.75, 3.05) is 11.4 Å².